The van der Waals surface area contributed by atoms with Gasteiger partial charge < -0.3 is 9.64 Å². The van der Waals surface area contributed by atoms with Crippen molar-refractivity contribution in [1.82, 2.24) is 4.90 Å². The molecular formula is C24H29Cl2NO4S. The van der Waals surface area contributed by atoms with E-state index in [0.717, 1.165) is 12.0 Å². The van der Waals surface area contributed by atoms with Crippen LogP contribution in [0.5, 0.6) is 5.75 Å². The quantitative estimate of drug-likeness (QED) is 0.466. The Labute approximate surface area is 200 Å². The van der Waals surface area contributed by atoms with E-state index < -0.39 is 15.9 Å². The van der Waals surface area contributed by atoms with Crippen LogP contribution in [0.4, 0.5) is 0 Å². The van der Waals surface area contributed by atoms with Gasteiger partial charge in [-0.25, -0.2) is 8.42 Å². The van der Waals surface area contributed by atoms with Crippen LogP contribution in [0.1, 0.15) is 61.0 Å². The first-order valence-corrected chi connectivity index (χ1v) is 13.4. The van der Waals surface area contributed by atoms with Crippen LogP contribution in [0, 0.1) is 0 Å². The standard InChI is InChI=1S/C24H29Cl2NO4S/c1-4-10-31-23-21(25)12-19(13-22(23)26)24(28)27(20-9-11-32(29,30)15-20)14-17-5-7-18(8-6-17)16(2)3/h5-8,12-13,16,20H,4,9-11,14-15H2,1-3H3. The van der Waals surface area contributed by atoms with Crippen molar-refractivity contribution >= 4 is 38.9 Å². The van der Waals surface area contributed by atoms with Crippen molar-refractivity contribution in [1.29, 1.82) is 0 Å². The molecule has 1 aliphatic heterocycles. The molecule has 2 aromatic rings. The Hall–Kier alpha value is -1.76. The highest BCUT2D eigenvalue weighted by Crippen LogP contribution is 2.35. The van der Waals surface area contributed by atoms with Crippen LogP contribution in [0.25, 0.3) is 0 Å². The average Bonchev–Trinajstić information content (AvgIpc) is 3.10. The molecule has 0 spiro atoms. The van der Waals surface area contributed by atoms with E-state index in [2.05, 4.69) is 13.8 Å². The van der Waals surface area contributed by atoms with Gasteiger partial charge in [-0.05, 0) is 42.0 Å². The molecular weight excluding hydrogens is 469 g/mol. The summed E-state index contributed by atoms with van der Waals surface area (Å²) in [6, 6.07) is 10.7. The number of benzene rings is 2. The summed E-state index contributed by atoms with van der Waals surface area (Å²) in [6.45, 7) is 6.98. The Morgan fingerprint density at radius 3 is 2.28 bits per heavy atom. The third-order valence-corrected chi connectivity index (χ3v) is 7.92. The van der Waals surface area contributed by atoms with E-state index in [1.165, 1.54) is 5.56 Å². The first-order chi connectivity index (χ1) is 15.1. The van der Waals surface area contributed by atoms with Crippen LogP contribution in [-0.2, 0) is 16.4 Å². The highest BCUT2D eigenvalue weighted by molar-refractivity contribution is 7.91. The molecule has 5 nitrogen and oxygen atoms in total. The fourth-order valence-electron chi connectivity index (χ4n) is 3.78. The van der Waals surface area contributed by atoms with Crippen LogP contribution < -0.4 is 4.74 Å². The van der Waals surface area contributed by atoms with Gasteiger partial charge in [-0.15, -0.1) is 0 Å². The molecule has 1 saturated heterocycles. The summed E-state index contributed by atoms with van der Waals surface area (Å²) in [5.41, 5.74) is 2.45. The Morgan fingerprint density at radius 2 is 1.78 bits per heavy atom. The zero-order valence-electron chi connectivity index (χ0n) is 18.6. The number of amides is 1. The van der Waals surface area contributed by atoms with E-state index in [9.17, 15) is 13.2 Å². The summed E-state index contributed by atoms with van der Waals surface area (Å²) in [5.74, 6) is 0.498. The maximum Gasteiger partial charge on any atom is 0.254 e. The van der Waals surface area contributed by atoms with Gasteiger partial charge in [0.05, 0.1) is 28.2 Å². The predicted octanol–water partition coefficient (Wildman–Crippen LogP) is 5.74. The number of ether oxygens (including phenoxy) is 1. The molecule has 1 amide bonds. The van der Waals surface area contributed by atoms with Gasteiger partial charge in [-0.2, -0.15) is 0 Å². The summed E-state index contributed by atoms with van der Waals surface area (Å²) in [6.07, 6.45) is 1.21. The molecule has 0 radical (unpaired) electrons. The Balaban J connectivity index is 1.91. The van der Waals surface area contributed by atoms with Crippen molar-refractivity contribution in [2.24, 2.45) is 0 Å². The van der Waals surface area contributed by atoms with E-state index in [1.807, 2.05) is 31.2 Å². The van der Waals surface area contributed by atoms with Crippen LogP contribution in [0.2, 0.25) is 10.0 Å². The molecule has 0 aromatic heterocycles. The van der Waals surface area contributed by atoms with Crippen molar-refractivity contribution in [2.45, 2.75) is 52.1 Å². The van der Waals surface area contributed by atoms with Gasteiger partial charge in [0.2, 0.25) is 0 Å². The van der Waals surface area contributed by atoms with Crippen molar-refractivity contribution < 1.29 is 17.9 Å². The molecule has 1 fully saturated rings. The van der Waals surface area contributed by atoms with Gasteiger partial charge in [0, 0.05) is 18.2 Å². The topological polar surface area (TPSA) is 63.7 Å². The molecule has 0 aliphatic carbocycles. The van der Waals surface area contributed by atoms with Crippen LogP contribution in [-0.4, -0.2) is 43.4 Å². The van der Waals surface area contributed by atoms with Crippen LogP contribution in [0.15, 0.2) is 36.4 Å². The van der Waals surface area contributed by atoms with Crippen molar-refractivity contribution in [3.8, 4) is 5.75 Å². The number of sulfone groups is 1. The molecule has 3 rings (SSSR count). The largest absolute Gasteiger partial charge is 0.490 e. The second-order valence-electron chi connectivity index (χ2n) is 8.50. The Kier molecular flexibility index (Phi) is 8.12. The molecule has 8 heteroatoms. The third-order valence-electron chi connectivity index (χ3n) is 5.61. The lowest BCUT2D eigenvalue weighted by atomic mass is 10.0. The maximum atomic E-state index is 13.5. The zero-order chi connectivity index (χ0) is 23.5. The number of nitrogens with zero attached hydrogens (tertiary/aromatic N) is 1. The minimum absolute atomic E-state index is 0.0397. The van der Waals surface area contributed by atoms with E-state index in [0.29, 0.717) is 36.8 Å². The Bertz CT molecular complexity index is 1040. The van der Waals surface area contributed by atoms with Gasteiger partial charge in [-0.3, -0.25) is 4.79 Å². The SMILES string of the molecule is CCCOc1c(Cl)cc(C(=O)N(Cc2ccc(C(C)C)cc2)C2CCS(=O)(=O)C2)cc1Cl. The van der Waals surface area contributed by atoms with Crippen molar-refractivity contribution in [3.63, 3.8) is 0 Å². The second kappa shape index (κ2) is 10.4. The fourth-order valence-corrected chi connectivity index (χ4v) is 6.11. The minimum atomic E-state index is -3.17. The first kappa shape index (κ1) is 24.9. The van der Waals surface area contributed by atoms with Gasteiger partial charge in [0.25, 0.3) is 5.91 Å². The smallest absolute Gasteiger partial charge is 0.254 e. The monoisotopic (exact) mass is 497 g/mol. The third kappa shape index (κ3) is 5.97. The normalized spacial score (nSPS) is 17.5. The van der Waals surface area contributed by atoms with Gasteiger partial charge in [-0.1, -0.05) is 68.2 Å². The Morgan fingerprint density at radius 1 is 1.16 bits per heavy atom. The highest BCUT2D eigenvalue weighted by atomic mass is 35.5. The van der Waals surface area contributed by atoms with E-state index >= 15 is 0 Å². The molecule has 1 unspecified atom stereocenters. The predicted molar refractivity (Wildman–Crippen MR) is 130 cm³/mol. The van der Waals surface area contributed by atoms with Gasteiger partial charge in [0.1, 0.15) is 0 Å². The van der Waals surface area contributed by atoms with Gasteiger partial charge in [0.15, 0.2) is 15.6 Å². The van der Waals surface area contributed by atoms with Crippen molar-refractivity contribution in [3.05, 3.63) is 63.1 Å². The summed E-state index contributed by atoms with van der Waals surface area (Å²) < 4.78 is 29.9. The molecule has 0 saturated carbocycles. The lowest BCUT2D eigenvalue weighted by molar-refractivity contribution is 0.0681. The van der Waals surface area contributed by atoms with E-state index in [-0.39, 0.29) is 27.5 Å². The lowest BCUT2D eigenvalue weighted by Crippen LogP contribution is -2.40. The minimum Gasteiger partial charge on any atom is -0.490 e. The lowest BCUT2D eigenvalue weighted by Gasteiger charge is -2.29. The summed E-state index contributed by atoms with van der Waals surface area (Å²) in [4.78, 5) is 15.2. The molecule has 0 bridgehead atoms. The number of hydrogen-bond donors (Lipinski definition) is 0. The number of halogens is 2. The van der Waals surface area contributed by atoms with E-state index in [4.69, 9.17) is 27.9 Å². The second-order valence-corrected chi connectivity index (χ2v) is 11.5. The molecule has 32 heavy (non-hydrogen) atoms. The summed E-state index contributed by atoms with van der Waals surface area (Å²) in [5, 5.41) is 0.518. The fraction of sp³-hybridized carbons (Fsp3) is 0.458. The van der Waals surface area contributed by atoms with E-state index in [1.54, 1.807) is 17.0 Å². The summed E-state index contributed by atoms with van der Waals surface area (Å²) in [7, 11) is -3.17. The highest BCUT2D eigenvalue weighted by Gasteiger charge is 2.35. The molecule has 1 atom stereocenters. The number of carbonyl (C=O) groups is 1. The average molecular weight is 498 g/mol. The number of rotatable bonds is 8. The number of hydrogen-bond acceptors (Lipinski definition) is 4. The number of carbonyl (C=O) groups excluding carboxylic acids is 1. The maximum absolute atomic E-state index is 13.5. The molecule has 2 aromatic carbocycles. The molecule has 174 valence electrons. The van der Waals surface area contributed by atoms with Gasteiger partial charge >= 0.3 is 0 Å². The van der Waals surface area contributed by atoms with Crippen molar-refractivity contribution in [2.75, 3.05) is 18.1 Å². The summed E-state index contributed by atoms with van der Waals surface area (Å²) >= 11 is 12.7. The van der Waals surface area contributed by atoms with Crippen LogP contribution in [0.3, 0.4) is 0 Å². The molecule has 1 heterocycles. The van der Waals surface area contributed by atoms with Crippen LogP contribution >= 0.6 is 23.2 Å². The molecule has 1 aliphatic rings. The molecule has 0 N–H and O–H groups in total. The zero-order valence-corrected chi connectivity index (χ0v) is 20.9. The first-order valence-electron chi connectivity index (χ1n) is 10.8.